The molecule has 0 aliphatic carbocycles. The topological polar surface area (TPSA) is 48.5 Å². The second-order valence-corrected chi connectivity index (χ2v) is 6.51. The van der Waals surface area contributed by atoms with Crippen LogP contribution in [0.3, 0.4) is 0 Å². The van der Waals surface area contributed by atoms with Crippen molar-refractivity contribution in [1.82, 2.24) is 15.2 Å². The number of nitrogens with one attached hydrogen (secondary N) is 1. The van der Waals surface area contributed by atoms with E-state index in [-0.39, 0.29) is 12.1 Å². The van der Waals surface area contributed by atoms with E-state index >= 15 is 0 Å². The van der Waals surface area contributed by atoms with Gasteiger partial charge in [-0.1, -0.05) is 30.3 Å². The van der Waals surface area contributed by atoms with Gasteiger partial charge < -0.3 is 15.1 Å². The summed E-state index contributed by atoms with van der Waals surface area (Å²) in [6.45, 7) is 3.26. The molecule has 1 N–H and O–H groups in total. The molecule has 4 rings (SSSR count). The lowest BCUT2D eigenvalue weighted by Gasteiger charge is -2.30. The third-order valence-electron chi connectivity index (χ3n) is 4.91. The highest BCUT2D eigenvalue weighted by atomic mass is 16.2. The number of benzene rings is 1. The quantitative estimate of drug-likeness (QED) is 0.924. The molecule has 2 aromatic rings. The lowest BCUT2D eigenvalue weighted by molar-refractivity contribution is 0.189. The summed E-state index contributed by atoms with van der Waals surface area (Å²) < 4.78 is 0. The third-order valence-corrected chi connectivity index (χ3v) is 4.91. The van der Waals surface area contributed by atoms with Crippen LogP contribution in [0.25, 0.3) is 0 Å². The van der Waals surface area contributed by atoms with Gasteiger partial charge in [0.2, 0.25) is 0 Å². The summed E-state index contributed by atoms with van der Waals surface area (Å²) in [5.41, 5.74) is 2.63. The Labute approximate surface area is 142 Å². The molecule has 0 saturated carbocycles. The third kappa shape index (κ3) is 3.07. The molecule has 124 valence electrons. The van der Waals surface area contributed by atoms with Crippen LogP contribution < -0.4 is 10.2 Å². The van der Waals surface area contributed by atoms with Crippen LogP contribution in [0.2, 0.25) is 0 Å². The van der Waals surface area contributed by atoms with Gasteiger partial charge in [-0.3, -0.25) is 0 Å². The summed E-state index contributed by atoms with van der Waals surface area (Å²) in [4.78, 5) is 21.1. The van der Waals surface area contributed by atoms with E-state index in [0.29, 0.717) is 6.54 Å². The molecule has 1 aromatic heterocycles. The number of pyridine rings is 1. The van der Waals surface area contributed by atoms with Crippen molar-refractivity contribution in [2.75, 3.05) is 24.5 Å². The molecule has 5 heteroatoms. The van der Waals surface area contributed by atoms with E-state index in [4.69, 9.17) is 0 Å². The zero-order chi connectivity index (χ0) is 16.4. The largest absolute Gasteiger partial charge is 0.354 e. The number of carbonyl (C=O) groups is 1. The highest BCUT2D eigenvalue weighted by Gasteiger charge is 2.27. The molecule has 0 spiro atoms. The highest BCUT2D eigenvalue weighted by molar-refractivity contribution is 5.75. The summed E-state index contributed by atoms with van der Waals surface area (Å²) in [7, 11) is 0. The van der Waals surface area contributed by atoms with E-state index in [2.05, 4.69) is 33.4 Å². The van der Waals surface area contributed by atoms with E-state index in [0.717, 1.165) is 38.3 Å². The van der Waals surface area contributed by atoms with Gasteiger partial charge in [0.05, 0.1) is 0 Å². The van der Waals surface area contributed by atoms with Gasteiger partial charge in [-0.05, 0) is 36.1 Å². The van der Waals surface area contributed by atoms with Crippen LogP contribution in [0.4, 0.5) is 10.6 Å². The maximum atomic E-state index is 12.6. The molecule has 5 nitrogen and oxygen atoms in total. The molecule has 0 radical (unpaired) electrons. The Bertz CT molecular complexity index is 718. The Morgan fingerprint density at radius 1 is 1.08 bits per heavy atom. The van der Waals surface area contributed by atoms with Crippen molar-refractivity contribution in [1.29, 1.82) is 0 Å². The Morgan fingerprint density at radius 3 is 2.75 bits per heavy atom. The SMILES string of the molecule is O=C(NC1CCN(c2ccccn2)C1)N1CCc2ccccc2C1. The van der Waals surface area contributed by atoms with Crippen LogP contribution in [-0.4, -0.2) is 41.6 Å². The van der Waals surface area contributed by atoms with Gasteiger partial charge in [-0.25, -0.2) is 9.78 Å². The maximum Gasteiger partial charge on any atom is 0.317 e. The number of carbonyl (C=O) groups excluding carboxylic acids is 1. The van der Waals surface area contributed by atoms with Crippen LogP contribution in [0.1, 0.15) is 17.5 Å². The molecule has 1 unspecified atom stereocenters. The van der Waals surface area contributed by atoms with E-state index < -0.39 is 0 Å². The summed E-state index contributed by atoms with van der Waals surface area (Å²) in [5.74, 6) is 0.987. The second-order valence-electron chi connectivity index (χ2n) is 6.51. The van der Waals surface area contributed by atoms with Gasteiger partial charge in [-0.2, -0.15) is 0 Å². The minimum atomic E-state index is 0.0531. The Kier molecular flexibility index (Phi) is 4.07. The Balaban J connectivity index is 1.34. The first-order valence-electron chi connectivity index (χ1n) is 8.58. The first kappa shape index (κ1) is 15.0. The molecular weight excluding hydrogens is 300 g/mol. The first-order valence-corrected chi connectivity index (χ1v) is 8.58. The zero-order valence-electron chi connectivity index (χ0n) is 13.7. The van der Waals surface area contributed by atoms with Gasteiger partial charge >= 0.3 is 6.03 Å². The molecule has 2 aliphatic rings. The Hall–Kier alpha value is -2.56. The highest BCUT2D eigenvalue weighted by Crippen LogP contribution is 2.20. The smallest absolute Gasteiger partial charge is 0.317 e. The van der Waals surface area contributed by atoms with Crippen molar-refractivity contribution in [3.8, 4) is 0 Å². The fourth-order valence-electron chi connectivity index (χ4n) is 3.56. The molecular formula is C19H22N4O. The molecule has 3 heterocycles. The van der Waals surface area contributed by atoms with Crippen LogP contribution in [0, 0.1) is 0 Å². The van der Waals surface area contributed by atoms with Crippen LogP contribution >= 0.6 is 0 Å². The standard InChI is InChI=1S/C19H22N4O/c24-19(23-11-8-15-5-1-2-6-16(15)13-23)21-17-9-12-22(14-17)18-7-3-4-10-20-18/h1-7,10,17H,8-9,11-14H2,(H,21,24). The molecule has 0 bridgehead atoms. The fourth-order valence-corrected chi connectivity index (χ4v) is 3.56. The minimum Gasteiger partial charge on any atom is -0.354 e. The number of rotatable bonds is 2. The summed E-state index contributed by atoms with van der Waals surface area (Å²) >= 11 is 0. The predicted octanol–water partition coefficient (Wildman–Crippen LogP) is 2.43. The molecule has 2 amide bonds. The summed E-state index contributed by atoms with van der Waals surface area (Å²) in [6, 6.07) is 14.6. The molecule has 24 heavy (non-hydrogen) atoms. The van der Waals surface area contributed by atoms with Crippen LogP contribution in [0.15, 0.2) is 48.7 Å². The molecule has 1 aromatic carbocycles. The molecule has 1 atom stereocenters. The summed E-state index contributed by atoms with van der Waals surface area (Å²) in [5, 5.41) is 3.20. The Morgan fingerprint density at radius 2 is 1.92 bits per heavy atom. The zero-order valence-corrected chi connectivity index (χ0v) is 13.7. The van der Waals surface area contributed by atoms with Gasteiger partial charge in [0.1, 0.15) is 5.82 Å². The predicted molar refractivity (Wildman–Crippen MR) is 93.9 cm³/mol. The van der Waals surface area contributed by atoms with Gasteiger partial charge in [0.15, 0.2) is 0 Å². The lowest BCUT2D eigenvalue weighted by Crippen LogP contribution is -2.47. The van der Waals surface area contributed by atoms with Crippen LogP contribution in [-0.2, 0) is 13.0 Å². The number of hydrogen-bond acceptors (Lipinski definition) is 3. The number of nitrogens with zero attached hydrogens (tertiary/aromatic N) is 3. The number of amides is 2. The number of aromatic nitrogens is 1. The maximum absolute atomic E-state index is 12.6. The van der Waals surface area contributed by atoms with Crippen molar-refractivity contribution in [3.05, 3.63) is 59.8 Å². The normalized spacial score (nSPS) is 19.9. The number of urea groups is 1. The molecule has 1 saturated heterocycles. The lowest BCUT2D eigenvalue weighted by atomic mass is 10.0. The summed E-state index contributed by atoms with van der Waals surface area (Å²) in [6.07, 6.45) is 3.72. The molecule has 2 aliphatic heterocycles. The minimum absolute atomic E-state index is 0.0531. The van der Waals surface area contributed by atoms with Gasteiger partial charge in [0.25, 0.3) is 0 Å². The van der Waals surface area contributed by atoms with E-state index in [9.17, 15) is 4.79 Å². The van der Waals surface area contributed by atoms with Crippen molar-refractivity contribution in [3.63, 3.8) is 0 Å². The fraction of sp³-hybridized carbons (Fsp3) is 0.368. The van der Waals surface area contributed by atoms with Gasteiger partial charge in [-0.15, -0.1) is 0 Å². The van der Waals surface area contributed by atoms with Crippen molar-refractivity contribution in [2.45, 2.75) is 25.4 Å². The van der Waals surface area contributed by atoms with E-state index in [1.165, 1.54) is 11.1 Å². The van der Waals surface area contributed by atoms with E-state index in [1.807, 2.05) is 35.4 Å². The molecule has 1 fully saturated rings. The first-order chi connectivity index (χ1) is 11.8. The van der Waals surface area contributed by atoms with Gasteiger partial charge in [0, 0.05) is 38.4 Å². The number of hydrogen-bond donors (Lipinski definition) is 1. The van der Waals surface area contributed by atoms with Crippen molar-refractivity contribution < 1.29 is 4.79 Å². The average Bonchev–Trinajstić information content (AvgIpc) is 3.10. The van der Waals surface area contributed by atoms with E-state index in [1.54, 1.807) is 0 Å². The monoisotopic (exact) mass is 322 g/mol. The number of anilines is 1. The average molecular weight is 322 g/mol. The van der Waals surface area contributed by atoms with Crippen molar-refractivity contribution in [2.24, 2.45) is 0 Å². The van der Waals surface area contributed by atoms with Crippen molar-refractivity contribution >= 4 is 11.8 Å². The van der Waals surface area contributed by atoms with Crippen LogP contribution in [0.5, 0.6) is 0 Å². The number of fused-ring (bicyclic) bond motifs is 1. The second kappa shape index (κ2) is 6.51.